The molecule has 4 rings (SSSR count). The molecule has 1 fully saturated rings. The van der Waals surface area contributed by atoms with Gasteiger partial charge >= 0.3 is 0 Å². The van der Waals surface area contributed by atoms with E-state index in [1.54, 1.807) is 24.3 Å². The van der Waals surface area contributed by atoms with E-state index in [0.29, 0.717) is 26.2 Å². The van der Waals surface area contributed by atoms with Crippen molar-refractivity contribution < 1.29 is 22.8 Å². The van der Waals surface area contributed by atoms with Crippen molar-refractivity contribution in [3.05, 3.63) is 65.2 Å². The maximum absolute atomic E-state index is 12.7. The fraction of sp³-hybridized carbons (Fsp3) is 0.375. The van der Waals surface area contributed by atoms with Crippen molar-refractivity contribution in [2.45, 2.75) is 13.3 Å². The molecule has 180 valence electrons. The van der Waals surface area contributed by atoms with E-state index in [9.17, 15) is 22.8 Å². The van der Waals surface area contributed by atoms with E-state index in [0.717, 1.165) is 16.2 Å². The molecule has 0 radical (unpaired) electrons. The van der Waals surface area contributed by atoms with Crippen molar-refractivity contribution >= 4 is 33.4 Å². The maximum Gasteiger partial charge on any atom is 0.262 e. The van der Waals surface area contributed by atoms with Crippen molar-refractivity contribution in [2.75, 3.05) is 49.9 Å². The summed E-state index contributed by atoms with van der Waals surface area (Å²) in [5.74, 6) is -1.57. The molecule has 9 nitrogen and oxygen atoms in total. The number of piperazine rings is 1. The number of aryl methyl sites for hydroxylation is 1. The summed E-state index contributed by atoms with van der Waals surface area (Å²) in [5, 5.41) is 2.61. The van der Waals surface area contributed by atoms with E-state index < -0.39 is 27.7 Å². The largest absolute Gasteiger partial charge is 0.369 e. The molecule has 0 bridgehead atoms. The first kappa shape index (κ1) is 23.9. The number of sulfonamides is 1. The topological polar surface area (TPSA) is 107 Å². The Balaban J connectivity index is 1.20. The molecular weight excluding hydrogens is 456 g/mol. The van der Waals surface area contributed by atoms with Gasteiger partial charge in [-0.1, -0.05) is 24.3 Å². The Morgan fingerprint density at radius 3 is 2.21 bits per heavy atom. The number of anilines is 1. The van der Waals surface area contributed by atoms with Crippen LogP contribution in [0.5, 0.6) is 0 Å². The summed E-state index contributed by atoms with van der Waals surface area (Å²) in [5.41, 5.74) is 2.83. The van der Waals surface area contributed by atoms with Crippen LogP contribution < -0.4 is 10.2 Å². The molecule has 0 aromatic heterocycles. The number of nitrogens with zero attached hydrogens (tertiary/aromatic N) is 3. The lowest BCUT2D eigenvalue weighted by molar-refractivity contribution is -0.121. The van der Waals surface area contributed by atoms with Crippen LogP contribution in [0.2, 0.25) is 0 Å². The van der Waals surface area contributed by atoms with E-state index in [2.05, 4.69) is 16.3 Å². The van der Waals surface area contributed by atoms with Crippen LogP contribution in [0.4, 0.5) is 5.69 Å². The predicted octanol–water partition coefficient (Wildman–Crippen LogP) is 1.25. The van der Waals surface area contributed by atoms with Gasteiger partial charge in [0.2, 0.25) is 15.9 Å². The molecule has 1 saturated heterocycles. The lowest BCUT2D eigenvalue weighted by atomic mass is 10.1. The first-order valence-electron chi connectivity index (χ1n) is 11.3. The van der Waals surface area contributed by atoms with Crippen LogP contribution in [-0.4, -0.2) is 80.4 Å². The second-order valence-electron chi connectivity index (χ2n) is 8.49. The summed E-state index contributed by atoms with van der Waals surface area (Å²) in [6, 6.07) is 14.6. The summed E-state index contributed by atoms with van der Waals surface area (Å²) >= 11 is 0. The molecule has 0 spiro atoms. The third-order valence-electron chi connectivity index (χ3n) is 6.08. The Labute approximate surface area is 199 Å². The minimum absolute atomic E-state index is 0.0786. The Morgan fingerprint density at radius 1 is 0.941 bits per heavy atom. The first-order chi connectivity index (χ1) is 16.3. The molecule has 3 amide bonds. The van der Waals surface area contributed by atoms with E-state index in [1.165, 1.54) is 4.31 Å². The molecule has 2 aromatic rings. The van der Waals surface area contributed by atoms with Crippen LogP contribution in [0, 0.1) is 6.92 Å². The highest BCUT2D eigenvalue weighted by atomic mass is 32.2. The zero-order valence-corrected chi connectivity index (χ0v) is 19.9. The molecule has 0 aliphatic carbocycles. The van der Waals surface area contributed by atoms with Gasteiger partial charge in [0.05, 0.1) is 16.9 Å². The van der Waals surface area contributed by atoms with Crippen LogP contribution in [-0.2, 0) is 14.8 Å². The van der Waals surface area contributed by atoms with Crippen molar-refractivity contribution in [3.63, 3.8) is 0 Å². The quantitative estimate of drug-likeness (QED) is 0.446. The second-order valence-corrected chi connectivity index (χ2v) is 10.6. The third-order valence-corrected chi connectivity index (χ3v) is 8.04. The maximum atomic E-state index is 12.7. The lowest BCUT2D eigenvalue weighted by Crippen LogP contribution is -2.49. The summed E-state index contributed by atoms with van der Waals surface area (Å²) in [4.78, 5) is 40.0. The average Bonchev–Trinajstić information content (AvgIpc) is 3.07. The van der Waals surface area contributed by atoms with Gasteiger partial charge in [0.15, 0.2) is 0 Å². The molecule has 2 heterocycles. The van der Waals surface area contributed by atoms with Gasteiger partial charge in [-0.2, -0.15) is 4.31 Å². The molecule has 2 aliphatic heterocycles. The van der Waals surface area contributed by atoms with Gasteiger partial charge in [0.1, 0.15) is 6.54 Å². The zero-order chi connectivity index (χ0) is 24.3. The molecular formula is C24H28N4O5S. The Morgan fingerprint density at radius 2 is 1.59 bits per heavy atom. The molecule has 0 unspecified atom stereocenters. The van der Waals surface area contributed by atoms with Crippen LogP contribution in [0.3, 0.4) is 0 Å². The van der Waals surface area contributed by atoms with Crippen molar-refractivity contribution in [3.8, 4) is 0 Å². The molecule has 0 saturated carbocycles. The van der Waals surface area contributed by atoms with Gasteiger partial charge in [0.25, 0.3) is 11.8 Å². The number of fused-ring (bicyclic) bond motifs is 1. The normalized spacial score (nSPS) is 16.6. The number of benzene rings is 2. The highest BCUT2D eigenvalue weighted by molar-refractivity contribution is 7.89. The number of hydrogen-bond acceptors (Lipinski definition) is 6. The minimum Gasteiger partial charge on any atom is -0.369 e. The van der Waals surface area contributed by atoms with Gasteiger partial charge in [-0.05, 0) is 43.2 Å². The second kappa shape index (κ2) is 9.94. The van der Waals surface area contributed by atoms with Crippen molar-refractivity contribution in [2.24, 2.45) is 0 Å². The summed E-state index contributed by atoms with van der Waals surface area (Å²) in [7, 11) is -3.43. The zero-order valence-electron chi connectivity index (χ0n) is 19.1. The summed E-state index contributed by atoms with van der Waals surface area (Å²) in [6.07, 6.45) is 0.244. The highest BCUT2D eigenvalue weighted by Gasteiger charge is 2.36. The highest BCUT2D eigenvalue weighted by Crippen LogP contribution is 2.22. The van der Waals surface area contributed by atoms with Crippen molar-refractivity contribution in [1.82, 2.24) is 14.5 Å². The van der Waals surface area contributed by atoms with Gasteiger partial charge in [0, 0.05) is 38.4 Å². The number of nitrogens with one attached hydrogen (secondary N) is 1. The third kappa shape index (κ3) is 5.13. The number of carbonyl (C=O) groups is 3. The average molecular weight is 485 g/mol. The van der Waals surface area contributed by atoms with Gasteiger partial charge < -0.3 is 10.2 Å². The Kier molecular flexibility index (Phi) is 6.99. The molecule has 2 aliphatic rings. The van der Waals surface area contributed by atoms with Gasteiger partial charge in [-0.15, -0.1) is 0 Å². The number of rotatable bonds is 8. The molecule has 34 heavy (non-hydrogen) atoms. The lowest BCUT2D eigenvalue weighted by Gasteiger charge is -2.35. The number of hydrogen-bond donors (Lipinski definition) is 1. The number of imide groups is 1. The van der Waals surface area contributed by atoms with Crippen molar-refractivity contribution in [1.29, 1.82) is 0 Å². The van der Waals surface area contributed by atoms with E-state index in [4.69, 9.17) is 0 Å². The van der Waals surface area contributed by atoms with E-state index in [-0.39, 0.29) is 36.4 Å². The van der Waals surface area contributed by atoms with E-state index >= 15 is 0 Å². The fourth-order valence-electron chi connectivity index (χ4n) is 4.24. The SMILES string of the molecule is Cc1cccc(N2CCN(S(=O)(=O)CCCNC(=O)CN3C(=O)c4ccccc4C3=O)CC2)c1. The molecule has 2 aromatic carbocycles. The van der Waals surface area contributed by atoms with Crippen LogP contribution in [0.15, 0.2) is 48.5 Å². The van der Waals surface area contributed by atoms with Crippen LogP contribution >= 0.6 is 0 Å². The summed E-state index contributed by atoms with van der Waals surface area (Å²) < 4.78 is 26.9. The minimum atomic E-state index is -3.43. The molecule has 1 N–H and O–H groups in total. The van der Waals surface area contributed by atoms with Gasteiger partial charge in [-0.25, -0.2) is 8.42 Å². The predicted molar refractivity (Wildman–Crippen MR) is 128 cm³/mol. The standard InChI is InChI=1S/C24H28N4O5S/c1-18-6-4-7-19(16-18)26-11-13-27(14-12-26)34(32,33)15-5-10-25-22(29)17-28-23(30)20-8-2-3-9-21(20)24(28)31/h2-4,6-9,16H,5,10-15,17H2,1H3,(H,25,29). The Bertz CT molecular complexity index is 1170. The monoisotopic (exact) mass is 484 g/mol. The summed E-state index contributed by atoms with van der Waals surface area (Å²) in [6.45, 7) is 3.87. The van der Waals surface area contributed by atoms with E-state index in [1.807, 2.05) is 25.1 Å². The molecule has 0 atom stereocenters. The smallest absolute Gasteiger partial charge is 0.262 e. The first-order valence-corrected chi connectivity index (χ1v) is 12.9. The van der Waals surface area contributed by atoms with Crippen LogP contribution in [0.25, 0.3) is 0 Å². The molecule has 10 heteroatoms. The number of carbonyl (C=O) groups excluding carboxylic acids is 3. The number of amides is 3. The fourth-order valence-corrected chi connectivity index (χ4v) is 5.73. The Hall–Kier alpha value is -3.24. The van der Waals surface area contributed by atoms with Crippen LogP contribution in [0.1, 0.15) is 32.7 Å². The van der Waals surface area contributed by atoms with Gasteiger partial charge in [-0.3, -0.25) is 19.3 Å².